The first-order chi connectivity index (χ1) is 8.06. The van der Waals surface area contributed by atoms with E-state index in [1.54, 1.807) is 0 Å². The fourth-order valence-corrected chi connectivity index (χ4v) is 1.80. The number of rotatable bonds is 8. The number of hydrogen-bond acceptors (Lipinski definition) is 3. The third-order valence-electron chi connectivity index (χ3n) is 3.04. The highest BCUT2D eigenvalue weighted by Gasteiger charge is 2.13. The van der Waals surface area contributed by atoms with Gasteiger partial charge in [-0.15, -0.1) is 0 Å². The molecule has 17 heavy (non-hydrogen) atoms. The molecule has 0 bridgehead atoms. The van der Waals surface area contributed by atoms with Crippen LogP contribution < -0.4 is 5.73 Å². The molecule has 0 aromatic rings. The Morgan fingerprint density at radius 2 is 1.76 bits per heavy atom. The van der Waals surface area contributed by atoms with Crippen LogP contribution in [0.5, 0.6) is 0 Å². The molecule has 2 N–H and O–H groups in total. The highest BCUT2D eigenvalue weighted by molar-refractivity contribution is 5.88. The van der Waals surface area contributed by atoms with Crippen LogP contribution in [-0.4, -0.2) is 12.2 Å². The lowest BCUT2D eigenvalue weighted by molar-refractivity contribution is -0.144. The second-order valence-corrected chi connectivity index (χ2v) is 4.38. The average molecular weight is 241 g/mol. The zero-order chi connectivity index (χ0) is 13.3. The van der Waals surface area contributed by atoms with Gasteiger partial charge in [-0.25, -0.2) is 4.79 Å². The predicted octanol–water partition coefficient (Wildman–Crippen LogP) is 3.53. The Labute approximate surface area is 105 Å². The maximum atomic E-state index is 11.8. The van der Waals surface area contributed by atoms with Gasteiger partial charge in [-0.2, -0.15) is 0 Å². The minimum atomic E-state index is -0.459. The van der Waals surface area contributed by atoms with Crippen molar-refractivity contribution in [2.75, 3.05) is 0 Å². The van der Waals surface area contributed by atoms with Crippen LogP contribution in [-0.2, 0) is 9.53 Å². The summed E-state index contributed by atoms with van der Waals surface area (Å²) in [6.07, 6.45) is 5.37. The molecule has 0 saturated carbocycles. The molecule has 0 aromatic carbocycles. The summed E-state index contributed by atoms with van der Waals surface area (Å²) < 4.78 is 5.22. The van der Waals surface area contributed by atoms with Crippen LogP contribution in [0.4, 0.5) is 0 Å². The topological polar surface area (TPSA) is 52.3 Å². The van der Waals surface area contributed by atoms with Gasteiger partial charge in [0.1, 0.15) is 0 Å². The van der Waals surface area contributed by atoms with Crippen LogP contribution >= 0.6 is 0 Å². The van der Waals surface area contributed by atoms with E-state index in [2.05, 4.69) is 20.8 Å². The Bertz CT molecular complexity index is 253. The minimum Gasteiger partial charge on any atom is -0.443 e. The third-order valence-corrected chi connectivity index (χ3v) is 3.04. The van der Waals surface area contributed by atoms with E-state index >= 15 is 0 Å². The fraction of sp³-hybridized carbons (Fsp3) is 0.786. The van der Waals surface area contributed by atoms with Crippen molar-refractivity contribution in [1.82, 2.24) is 0 Å². The van der Waals surface area contributed by atoms with Gasteiger partial charge in [0.05, 0.1) is 0 Å². The average Bonchev–Trinajstić information content (AvgIpc) is 2.30. The van der Waals surface area contributed by atoms with Crippen molar-refractivity contribution < 1.29 is 9.53 Å². The van der Waals surface area contributed by atoms with E-state index in [1.165, 1.54) is 0 Å². The molecular weight excluding hydrogens is 214 g/mol. The first kappa shape index (κ1) is 16.2. The van der Waals surface area contributed by atoms with E-state index < -0.39 is 6.23 Å². The molecule has 3 nitrogen and oxygen atoms in total. The smallest absolute Gasteiger partial charge is 0.335 e. The number of allylic oxidation sites excluding steroid dienone is 1. The van der Waals surface area contributed by atoms with Crippen LogP contribution in [0.25, 0.3) is 0 Å². The molecule has 0 aliphatic carbocycles. The Balaban J connectivity index is 4.20. The van der Waals surface area contributed by atoms with Crippen molar-refractivity contribution >= 4 is 5.97 Å². The molecular formula is C14H27NO2. The maximum absolute atomic E-state index is 11.8. The summed E-state index contributed by atoms with van der Waals surface area (Å²) in [5.41, 5.74) is 7.64. The van der Waals surface area contributed by atoms with Gasteiger partial charge in [0.15, 0.2) is 6.23 Å². The standard InChI is InChI=1S/C14H27NO2/c1-5-8-9-10-13(15)17-14(16)11(4)12(6-2)7-3/h13H,5-10,15H2,1-4H3. The van der Waals surface area contributed by atoms with Crippen molar-refractivity contribution in [3.8, 4) is 0 Å². The Hall–Kier alpha value is -0.830. The van der Waals surface area contributed by atoms with Crippen LogP contribution in [0.2, 0.25) is 0 Å². The molecule has 0 rings (SSSR count). The summed E-state index contributed by atoms with van der Waals surface area (Å²) in [6.45, 7) is 8.07. The first-order valence-corrected chi connectivity index (χ1v) is 6.71. The predicted molar refractivity (Wildman–Crippen MR) is 71.5 cm³/mol. The van der Waals surface area contributed by atoms with Crippen molar-refractivity contribution in [1.29, 1.82) is 0 Å². The first-order valence-electron chi connectivity index (χ1n) is 6.71. The third kappa shape index (κ3) is 6.47. The summed E-state index contributed by atoms with van der Waals surface area (Å²) >= 11 is 0. The van der Waals surface area contributed by atoms with Gasteiger partial charge in [-0.1, -0.05) is 39.2 Å². The molecule has 1 atom stereocenters. The molecule has 0 amide bonds. The maximum Gasteiger partial charge on any atom is 0.335 e. The van der Waals surface area contributed by atoms with Crippen molar-refractivity contribution in [3.63, 3.8) is 0 Å². The zero-order valence-electron chi connectivity index (χ0n) is 11.7. The molecule has 100 valence electrons. The largest absolute Gasteiger partial charge is 0.443 e. The Kier molecular flexibility index (Phi) is 8.78. The van der Waals surface area contributed by atoms with Gasteiger partial charge in [0, 0.05) is 5.57 Å². The number of nitrogens with two attached hydrogens (primary N) is 1. The van der Waals surface area contributed by atoms with Crippen LogP contribution in [0.15, 0.2) is 11.1 Å². The molecule has 0 aromatic heterocycles. The van der Waals surface area contributed by atoms with Gasteiger partial charge >= 0.3 is 5.97 Å². The summed E-state index contributed by atoms with van der Waals surface area (Å²) in [5, 5.41) is 0. The molecule has 0 heterocycles. The molecule has 0 fully saturated rings. The van der Waals surface area contributed by atoms with Crippen molar-refractivity contribution in [2.45, 2.75) is 72.4 Å². The van der Waals surface area contributed by atoms with Gasteiger partial charge in [0.2, 0.25) is 0 Å². The Morgan fingerprint density at radius 3 is 2.24 bits per heavy atom. The molecule has 1 unspecified atom stereocenters. The summed E-state index contributed by atoms with van der Waals surface area (Å²) in [4.78, 5) is 11.8. The number of ether oxygens (including phenoxy) is 1. The van der Waals surface area contributed by atoms with Crippen molar-refractivity contribution in [2.24, 2.45) is 5.73 Å². The van der Waals surface area contributed by atoms with E-state index in [9.17, 15) is 4.79 Å². The van der Waals surface area contributed by atoms with Crippen LogP contribution in [0, 0.1) is 0 Å². The molecule has 0 aliphatic rings. The quantitative estimate of drug-likeness (QED) is 0.306. The van der Waals surface area contributed by atoms with E-state index in [0.29, 0.717) is 0 Å². The lowest BCUT2D eigenvalue weighted by Crippen LogP contribution is -2.27. The number of carbonyl (C=O) groups excluding carboxylic acids is 1. The van der Waals surface area contributed by atoms with Crippen LogP contribution in [0.3, 0.4) is 0 Å². The van der Waals surface area contributed by atoms with E-state index in [0.717, 1.165) is 49.7 Å². The molecule has 0 saturated heterocycles. The van der Waals surface area contributed by atoms with Gasteiger partial charge in [-0.3, -0.25) is 5.73 Å². The van der Waals surface area contributed by atoms with Gasteiger partial charge in [-0.05, 0) is 32.6 Å². The molecule has 0 radical (unpaired) electrons. The number of carbonyl (C=O) groups is 1. The van der Waals surface area contributed by atoms with Crippen molar-refractivity contribution in [3.05, 3.63) is 11.1 Å². The van der Waals surface area contributed by atoms with Gasteiger partial charge in [0.25, 0.3) is 0 Å². The molecule has 0 spiro atoms. The fourth-order valence-electron chi connectivity index (χ4n) is 1.80. The summed E-state index contributed by atoms with van der Waals surface area (Å²) in [6, 6.07) is 0. The highest BCUT2D eigenvalue weighted by Crippen LogP contribution is 2.14. The summed E-state index contributed by atoms with van der Waals surface area (Å²) in [5.74, 6) is -0.257. The van der Waals surface area contributed by atoms with E-state index in [1.807, 2.05) is 6.92 Å². The van der Waals surface area contributed by atoms with E-state index in [4.69, 9.17) is 10.5 Å². The van der Waals surface area contributed by atoms with Gasteiger partial charge < -0.3 is 4.74 Å². The normalized spacial score (nSPS) is 12.1. The molecule has 0 aliphatic heterocycles. The zero-order valence-corrected chi connectivity index (χ0v) is 11.7. The molecule has 3 heteroatoms. The lowest BCUT2D eigenvalue weighted by Gasteiger charge is -2.14. The summed E-state index contributed by atoms with van der Waals surface area (Å²) in [7, 11) is 0. The highest BCUT2D eigenvalue weighted by atomic mass is 16.6. The lowest BCUT2D eigenvalue weighted by atomic mass is 10.0. The van der Waals surface area contributed by atoms with E-state index in [-0.39, 0.29) is 5.97 Å². The number of unbranched alkanes of at least 4 members (excludes halogenated alkanes) is 2. The second-order valence-electron chi connectivity index (χ2n) is 4.38. The van der Waals surface area contributed by atoms with Crippen LogP contribution in [0.1, 0.15) is 66.2 Å². The Morgan fingerprint density at radius 1 is 1.18 bits per heavy atom. The monoisotopic (exact) mass is 241 g/mol. The minimum absolute atomic E-state index is 0.257. The number of hydrogen-bond donors (Lipinski definition) is 1. The SMILES string of the molecule is CCCCCC(N)OC(=O)C(C)=C(CC)CC. The number of esters is 1. The second kappa shape index (κ2) is 9.23.